The molecule has 1 atom stereocenters. The fourth-order valence-corrected chi connectivity index (χ4v) is 3.38. The highest BCUT2D eigenvalue weighted by molar-refractivity contribution is 9.09. The average Bonchev–Trinajstić information content (AvgIpc) is 2.78. The topological polar surface area (TPSA) is 45.5 Å². The molecule has 1 aromatic carbocycles. The number of hydrogen-bond donors (Lipinski definition) is 1. The third kappa shape index (κ3) is 2.58. The van der Waals surface area contributed by atoms with Gasteiger partial charge in [0.05, 0.1) is 4.83 Å². The molecule has 0 spiro atoms. The molecule has 21 heavy (non-hydrogen) atoms. The van der Waals surface area contributed by atoms with Crippen LogP contribution in [0.1, 0.15) is 33.0 Å². The number of rotatable bonds is 2. The minimum absolute atomic E-state index is 0.0630. The maximum atomic E-state index is 11.6. The first-order valence-electron chi connectivity index (χ1n) is 6.81. The van der Waals surface area contributed by atoms with Crippen molar-refractivity contribution in [3.8, 4) is 0 Å². The zero-order chi connectivity index (χ0) is 15.1. The molecule has 0 radical (unpaired) electrons. The zero-order valence-corrected chi connectivity index (χ0v) is 13.8. The van der Waals surface area contributed by atoms with Crippen molar-refractivity contribution in [2.45, 2.75) is 25.2 Å². The molecule has 1 N–H and O–H groups in total. The van der Waals surface area contributed by atoms with E-state index in [0.717, 1.165) is 33.9 Å². The molecule has 0 saturated heterocycles. The summed E-state index contributed by atoms with van der Waals surface area (Å²) >= 11 is 3.75. The monoisotopic (exact) mass is 348 g/mol. The number of carbonyl (C=O) groups is 1. The van der Waals surface area contributed by atoms with E-state index in [0.29, 0.717) is 6.54 Å². The van der Waals surface area contributed by atoms with Gasteiger partial charge in [-0.1, -0.05) is 28.1 Å². The molecule has 1 aromatic heterocycles. The summed E-state index contributed by atoms with van der Waals surface area (Å²) in [5.41, 5.74) is 4.31. The molecule has 1 aliphatic rings. The number of hydrogen-bond acceptors (Lipinski definition) is 2. The zero-order valence-electron chi connectivity index (χ0n) is 12.2. The Hall–Kier alpha value is -1.75. The fraction of sp³-hybridized carbons (Fsp3) is 0.312. The third-order valence-electron chi connectivity index (χ3n) is 3.77. The predicted molar refractivity (Wildman–Crippen MR) is 85.9 cm³/mol. The molecule has 1 unspecified atom stereocenters. The Bertz CT molecular complexity index is 708. The van der Waals surface area contributed by atoms with Gasteiger partial charge in [0.1, 0.15) is 11.5 Å². The summed E-state index contributed by atoms with van der Waals surface area (Å²) in [6.07, 6.45) is 0. The molecular formula is C16H17BrN2O2. The van der Waals surface area contributed by atoms with Gasteiger partial charge in [0.25, 0.3) is 0 Å². The number of alkyl halides is 1. The fourth-order valence-electron chi connectivity index (χ4n) is 2.64. The molecule has 2 heterocycles. The van der Waals surface area contributed by atoms with Crippen molar-refractivity contribution >= 4 is 27.6 Å². The van der Waals surface area contributed by atoms with Crippen molar-refractivity contribution in [1.82, 2.24) is 4.90 Å². The highest BCUT2D eigenvalue weighted by Crippen LogP contribution is 2.36. The van der Waals surface area contributed by atoms with Gasteiger partial charge in [-0.3, -0.25) is 0 Å². The number of fused-ring (bicyclic) bond motifs is 1. The van der Waals surface area contributed by atoms with Crippen LogP contribution in [-0.2, 0) is 6.54 Å². The van der Waals surface area contributed by atoms with Crippen molar-refractivity contribution in [1.29, 1.82) is 0 Å². The Morgan fingerprint density at radius 1 is 1.33 bits per heavy atom. The van der Waals surface area contributed by atoms with Crippen molar-refractivity contribution < 1.29 is 9.21 Å². The van der Waals surface area contributed by atoms with Gasteiger partial charge in [0, 0.05) is 24.8 Å². The molecule has 3 rings (SSSR count). The standard InChI is InChI=1S/C16H17BrN2O2/c1-9-6-13(10(2)21-9)15(17)11-4-5-14-12(7-11)8-19(3)16(20)18-14/h4-7,15H,8H2,1-3H3,(H,18,20). The van der Waals surface area contributed by atoms with Crippen molar-refractivity contribution in [3.05, 3.63) is 52.5 Å². The van der Waals surface area contributed by atoms with Gasteiger partial charge < -0.3 is 14.6 Å². The second kappa shape index (κ2) is 5.22. The van der Waals surface area contributed by atoms with Crippen LogP contribution < -0.4 is 5.32 Å². The summed E-state index contributed by atoms with van der Waals surface area (Å²) in [6, 6.07) is 8.12. The summed E-state index contributed by atoms with van der Waals surface area (Å²) in [5, 5.41) is 2.88. The first-order chi connectivity index (χ1) is 9.95. The summed E-state index contributed by atoms with van der Waals surface area (Å²) < 4.78 is 5.61. The predicted octanol–water partition coefficient (Wildman–Crippen LogP) is 4.36. The Kier molecular flexibility index (Phi) is 3.53. The van der Waals surface area contributed by atoms with E-state index in [1.54, 1.807) is 11.9 Å². The third-order valence-corrected chi connectivity index (χ3v) is 4.79. The number of anilines is 1. The van der Waals surface area contributed by atoms with Gasteiger partial charge in [0.2, 0.25) is 0 Å². The van der Waals surface area contributed by atoms with Gasteiger partial charge >= 0.3 is 6.03 Å². The molecule has 2 amide bonds. The highest BCUT2D eigenvalue weighted by atomic mass is 79.9. The first kappa shape index (κ1) is 14.2. The quantitative estimate of drug-likeness (QED) is 0.819. The number of amides is 2. The Morgan fingerprint density at radius 3 is 2.76 bits per heavy atom. The van der Waals surface area contributed by atoms with Gasteiger partial charge in [0.15, 0.2) is 0 Å². The number of nitrogens with one attached hydrogen (secondary N) is 1. The van der Waals surface area contributed by atoms with E-state index in [4.69, 9.17) is 4.42 Å². The van der Waals surface area contributed by atoms with E-state index >= 15 is 0 Å². The Balaban J connectivity index is 1.95. The smallest absolute Gasteiger partial charge is 0.321 e. The number of halogens is 1. The lowest BCUT2D eigenvalue weighted by Crippen LogP contribution is -2.35. The molecule has 0 saturated carbocycles. The van der Waals surface area contributed by atoms with Gasteiger partial charge in [-0.25, -0.2) is 4.79 Å². The Labute approximate surface area is 132 Å². The van der Waals surface area contributed by atoms with Gasteiger partial charge in [-0.2, -0.15) is 0 Å². The van der Waals surface area contributed by atoms with Crippen LogP contribution in [0.3, 0.4) is 0 Å². The minimum Gasteiger partial charge on any atom is -0.466 e. The van der Waals surface area contributed by atoms with Crippen LogP contribution >= 0.6 is 15.9 Å². The van der Waals surface area contributed by atoms with Crippen molar-refractivity contribution in [3.63, 3.8) is 0 Å². The summed E-state index contributed by atoms with van der Waals surface area (Å²) in [6.45, 7) is 4.55. The van der Waals surface area contributed by atoms with E-state index < -0.39 is 0 Å². The van der Waals surface area contributed by atoms with Crippen LogP contribution in [0.15, 0.2) is 28.7 Å². The molecule has 0 aliphatic carbocycles. The van der Waals surface area contributed by atoms with Crippen LogP contribution in [0.2, 0.25) is 0 Å². The van der Waals surface area contributed by atoms with E-state index in [-0.39, 0.29) is 10.9 Å². The number of carbonyl (C=O) groups excluding carboxylic acids is 1. The summed E-state index contributed by atoms with van der Waals surface area (Å²) in [7, 11) is 1.79. The SMILES string of the molecule is Cc1cc(C(Br)c2ccc3c(c2)CN(C)C(=O)N3)c(C)o1. The van der Waals surface area contributed by atoms with Gasteiger partial charge in [-0.15, -0.1) is 0 Å². The second-order valence-electron chi connectivity index (χ2n) is 5.43. The van der Waals surface area contributed by atoms with Gasteiger partial charge in [-0.05, 0) is 37.1 Å². The van der Waals surface area contributed by atoms with Crippen LogP contribution in [0.5, 0.6) is 0 Å². The lowest BCUT2D eigenvalue weighted by atomic mass is 10.0. The lowest BCUT2D eigenvalue weighted by molar-refractivity contribution is 0.218. The maximum Gasteiger partial charge on any atom is 0.321 e. The number of furan rings is 1. The molecular weight excluding hydrogens is 332 g/mol. The van der Waals surface area contributed by atoms with Crippen LogP contribution in [0.25, 0.3) is 0 Å². The van der Waals surface area contributed by atoms with E-state index in [2.05, 4.69) is 33.4 Å². The molecule has 110 valence electrons. The number of benzene rings is 1. The largest absolute Gasteiger partial charge is 0.466 e. The number of urea groups is 1. The molecule has 1 aliphatic heterocycles. The minimum atomic E-state index is -0.0630. The Morgan fingerprint density at radius 2 is 2.10 bits per heavy atom. The molecule has 2 aromatic rings. The van der Waals surface area contributed by atoms with E-state index in [1.807, 2.05) is 26.0 Å². The maximum absolute atomic E-state index is 11.6. The average molecular weight is 349 g/mol. The summed E-state index contributed by atoms with van der Waals surface area (Å²) in [5.74, 6) is 1.84. The number of aryl methyl sites for hydroxylation is 2. The number of nitrogens with zero attached hydrogens (tertiary/aromatic N) is 1. The molecule has 4 nitrogen and oxygen atoms in total. The summed E-state index contributed by atoms with van der Waals surface area (Å²) in [4.78, 5) is 13.4. The van der Waals surface area contributed by atoms with E-state index in [1.165, 1.54) is 0 Å². The van der Waals surface area contributed by atoms with Crippen LogP contribution in [-0.4, -0.2) is 18.0 Å². The molecule has 5 heteroatoms. The second-order valence-corrected chi connectivity index (χ2v) is 6.35. The highest BCUT2D eigenvalue weighted by Gasteiger charge is 2.22. The molecule has 0 fully saturated rings. The van der Waals surface area contributed by atoms with Crippen molar-refractivity contribution in [2.75, 3.05) is 12.4 Å². The van der Waals surface area contributed by atoms with E-state index in [9.17, 15) is 4.79 Å². The van der Waals surface area contributed by atoms with Crippen molar-refractivity contribution in [2.24, 2.45) is 0 Å². The molecule has 0 bridgehead atoms. The lowest BCUT2D eigenvalue weighted by Gasteiger charge is -2.26. The normalized spacial score (nSPS) is 15.6. The van der Waals surface area contributed by atoms with Crippen LogP contribution in [0.4, 0.5) is 10.5 Å². The first-order valence-corrected chi connectivity index (χ1v) is 7.73. The van der Waals surface area contributed by atoms with Crippen LogP contribution in [0, 0.1) is 13.8 Å².